The van der Waals surface area contributed by atoms with E-state index >= 15 is 0 Å². The molecule has 1 aromatic heterocycles. The molecule has 0 radical (unpaired) electrons. The van der Waals surface area contributed by atoms with Crippen LogP contribution in [0.1, 0.15) is 42.5 Å². The zero-order chi connectivity index (χ0) is 15.1. The third-order valence-electron chi connectivity index (χ3n) is 3.76. The Hall–Kier alpha value is -0.430. The number of rotatable bonds is 8. The van der Waals surface area contributed by atoms with Gasteiger partial charge >= 0.3 is 0 Å². The Labute approximate surface area is 134 Å². The van der Waals surface area contributed by atoms with Crippen molar-refractivity contribution in [2.45, 2.75) is 51.0 Å². The van der Waals surface area contributed by atoms with Gasteiger partial charge in [0, 0.05) is 34.9 Å². The standard InChI is InChI=1S/C15H24N2O2S2/c1-11-15(19)14(12(10-18)8-17-11)9-16-6-3-2-4-13-5-7-20-21-13/h8,13,16,18-19H,2-7,9-10H2,1H3/t13-/m1/s1. The van der Waals surface area contributed by atoms with Crippen molar-refractivity contribution in [1.29, 1.82) is 0 Å². The second kappa shape index (κ2) is 8.88. The first-order valence-electron chi connectivity index (χ1n) is 7.48. The molecule has 0 unspecified atom stereocenters. The molecular weight excluding hydrogens is 304 g/mol. The van der Waals surface area contributed by atoms with Crippen LogP contribution in [0.25, 0.3) is 0 Å². The third kappa shape index (κ3) is 5.06. The Morgan fingerprint density at radius 2 is 2.29 bits per heavy atom. The van der Waals surface area contributed by atoms with E-state index in [-0.39, 0.29) is 12.4 Å². The topological polar surface area (TPSA) is 65.4 Å². The van der Waals surface area contributed by atoms with Gasteiger partial charge in [-0.1, -0.05) is 28.0 Å². The SMILES string of the molecule is Cc1ncc(CO)c(CNCCCC[C@@H]2CCSS2)c1O. The number of nitrogens with one attached hydrogen (secondary N) is 1. The highest BCUT2D eigenvalue weighted by molar-refractivity contribution is 8.77. The Balaban J connectivity index is 1.69. The summed E-state index contributed by atoms with van der Waals surface area (Å²) in [6.45, 7) is 3.21. The van der Waals surface area contributed by atoms with Crippen molar-refractivity contribution in [3.63, 3.8) is 0 Å². The van der Waals surface area contributed by atoms with Crippen molar-refractivity contribution in [3.8, 4) is 5.75 Å². The molecule has 6 heteroatoms. The van der Waals surface area contributed by atoms with E-state index in [1.165, 1.54) is 25.0 Å². The van der Waals surface area contributed by atoms with Crippen molar-refractivity contribution in [2.75, 3.05) is 12.3 Å². The summed E-state index contributed by atoms with van der Waals surface area (Å²) >= 11 is 0. The van der Waals surface area contributed by atoms with Crippen LogP contribution in [0.15, 0.2) is 6.20 Å². The smallest absolute Gasteiger partial charge is 0.141 e. The molecular formula is C15H24N2O2S2. The van der Waals surface area contributed by atoms with Gasteiger partial charge in [-0.3, -0.25) is 4.98 Å². The minimum Gasteiger partial charge on any atom is -0.506 e. The van der Waals surface area contributed by atoms with Crippen molar-refractivity contribution >= 4 is 21.6 Å². The normalized spacial score (nSPS) is 18.3. The van der Waals surface area contributed by atoms with E-state index in [4.69, 9.17) is 0 Å². The molecule has 0 bridgehead atoms. The van der Waals surface area contributed by atoms with E-state index in [0.29, 0.717) is 17.8 Å². The highest BCUT2D eigenvalue weighted by Gasteiger charge is 2.15. The first-order chi connectivity index (χ1) is 10.2. The van der Waals surface area contributed by atoms with E-state index in [0.717, 1.165) is 23.8 Å². The van der Waals surface area contributed by atoms with E-state index < -0.39 is 0 Å². The summed E-state index contributed by atoms with van der Waals surface area (Å²) in [7, 11) is 4.04. The minimum atomic E-state index is -0.0889. The number of hydrogen-bond donors (Lipinski definition) is 3. The summed E-state index contributed by atoms with van der Waals surface area (Å²) in [6.07, 6.45) is 6.70. The fourth-order valence-electron chi connectivity index (χ4n) is 2.42. The summed E-state index contributed by atoms with van der Waals surface area (Å²) in [4.78, 5) is 4.07. The second-order valence-corrected chi connectivity index (χ2v) is 8.14. The highest BCUT2D eigenvalue weighted by Crippen LogP contribution is 2.39. The Bertz CT molecular complexity index is 452. The first kappa shape index (κ1) is 16.9. The van der Waals surface area contributed by atoms with Crippen LogP contribution in [0.2, 0.25) is 0 Å². The molecule has 1 aromatic rings. The van der Waals surface area contributed by atoms with Gasteiger partial charge in [0.15, 0.2) is 0 Å². The average Bonchev–Trinajstić information content (AvgIpc) is 3.00. The van der Waals surface area contributed by atoms with Gasteiger partial charge in [-0.25, -0.2) is 0 Å². The molecule has 0 saturated carbocycles. The van der Waals surface area contributed by atoms with Crippen LogP contribution in [0.5, 0.6) is 5.75 Å². The van der Waals surface area contributed by atoms with Crippen molar-refractivity contribution in [3.05, 3.63) is 23.0 Å². The molecule has 1 atom stereocenters. The molecule has 3 N–H and O–H groups in total. The summed E-state index contributed by atoms with van der Waals surface area (Å²) < 4.78 is 0. The minimum absolute atomic E-state index is 0.0889. The number of aromatic hydroxyl groups is 1. The van der Waals surface area contributed by atoms with E-state index in [9.17, 15) is 10.2 Å². The van der Waals surface area contributed by atoms with Gasteiger partial charge in [-0.05, 0) is 32.7 Å². The third-order valence-corrected chi connectivity index (χ3v) is 6.77. The number of pyridine rings is 1. The van der Waals surface area contributed by atoms with E-state index in [2.05, 4.69) is 10.3 Å². The molecule has 0 amide bonds. The molecule has 118 valence electrons. The average molecular weight is 329 g/mol. The van der Waals surface area contributed by atoms with Crippen molar-refractivity contribution in [1.82, 2.24) is 10.3 Å². The summed E-state index contributed by atoms with van der Waals surface area (Å²) in [5.74, 6) is 1.51. The lowest BCUT2D eigenvalue weighted by molar-refractivity contribution is 0.278. The number of aliphatic hydroxyl groups is 1. The zero-order valence-corrected chi connectivity index (χ0v) is 14.1. The lowest BCUT2D eigenvalue weighted by atomic mass is 10.1. The van der Waals surface area contributed by atoms with Gasteiger partial charge in [0.05, 0.1) is 12.3 Å². The maximum atomic E-state index is 10.0. The fraction of sp³-hybridized carbons (Fsp3) is 0.667. The summed E-state index contributed by atoms with van der Waals surface area (Å²) in [6, 6.07) is 0. The lowest BCUT2D eigenvalue weighted by Gasteiger charge is -2.12. The van der Waals surface area contributed by atoms with Crippen LogP contribution >= 0.6 is 21.6 Å². The first-order valence-corrected chi connectivity index (χ1v) is 9.86. The van der Waals surface area contributed by atoms with E-state index in [1.54, 1.807) is 13.1 Å². The lowest BCUT2D eigenvalue weighted by Crippen LogP contribution is -2.17. The number of hydrogen-bond acceptors (Lipinski definition) is 6. The number of aryl methyl sites for hydroxylation is 1. The van der Waals surface area contributed by atoms with Crippen LogP contribution in [0, 0.1) is 6.92 Å². The molecule has 1 aliphatic heterocycles. The molecule has 0 spiro atoms. The van der Waals surface area contributed by atoms with Crippen LogP contribution in [-0.4, -0.2) is 32.7 Å². The number of unbranched alkanes of at least 4 members (excludes halogenated alkanes) is 1. The van der Waals surface area contributed by atoms with Crippen LogP contribution < -0.4 is 5.32 Å². The van der Waals surface area contributed by atoms with Gasteiger partial charge in [-0.15, -0.1) is 0 Å². The monoisotopic (exact) mass is 328 g/mol. The molecule has 1 fully saturated rings. The van der Waals surface area contributed by atoms with Crippen molar-refractivity contribution < 1.29 is 10.2 Å². The predicted molar refractivity (Wildman–Crippen MR) is 90.6 cm³/mol. The van der Waals surface area contributed by atoms with Crippen molar-refractivity contribution in [2.24, 2.45) is 0 Å². The molecule has 2 heterocycles. The molecule has 1 aliphatic rings. The molecule has 4 nitrogen and oxygen atoms in total. The van der Waals surface area contributed by atoms with Gasteiger partial charge in [0.1, 0.15) is 5.75 Å². The summed E-state index contributed by atoms with van der Waals surface area (Å²) in [5, 5.41) is 23.6. The van der Waals surface area contributed by atoms with Gasteiger partial charge in [0.2, 0.25) is 0 Å². The highest BCUT2D eigenvalue weighted by atomic mass is 33.1. The second-order valence-electron chi connectivity index (χ2n) is 5.36. The van der Waals surface area contributed by atoms with Crippen LogP contribution in [-0.2, 0) is 13.2 Å². The predicted octanol–water partition coefficient (Wildman–Crippen LogP) is 3.00. The molecule has 1 saturated heterocycles. The fourth-order valence-corrected chi connectivity index (χ4v) is 5.45. The van der Waals surface area contributed by atoms with E-state index in [1.807, 2.05) is 21.6 Å². The van der Waals surface area contributed by atoms with Crippen LogP contribution in [0.4, 0.5) is 0 Å². The summed E-state index contributed by atoms with van der Waals surface area (Å²) in [5.41, 5.74) is 2.08. The molecule has 21 heavy (non-hydrogen) atoms. The molecule has 0 aromatic carbocycles. The number of aliphatic hydroxyl groups excluding tert-OH is 1. The quantitative estimate of drug-likeness (QED) is 0.504. The Morgan fingerprint density at radius 1 is 1.43 bits per heavy atom. The van der Waals surface area contributed by atoms with Gasteiger partial charge < -0.3 is 15.5 Å². The van der Waals surface area contributed by atoms with Crippen LogP contribution in [0.3, 0.4) is 0 Å². The molecule has 0 aliphatic carbocycles. The maximum absolute atomic E-state index is 10.0. The largest absolute Gasteiger partial charge is 0.506 e. The number of nitrogens with zero attached hydrogens (tertiary/aromatic N) is 1. The zero-order valence-electron chi connectivity index (χ0n) is 12.5. The number of aromatic nitrogens is 1. The molecule has 2 rings (SSSR count). The Morgan fingerprint density at radius 3 is 3.00 bits per heavy atom. The van der Waals surface area contributed by atoms with Gasteiger partial charge in [-0.2, -0.15) is 0 Å². The van der Waals surface area contributed by atoms with Gasteiger partial charge in [0.25, 0.3) is 0 Å². The Kier molecular flexibility index (Phi) is 7.16. The maximum Gasteiger partial charge on any atom is 0.141 e.